The summed E-state index contributed by atoms with van der Waals surface area (Å²) in [5, 5.41) is 14.2. The van der Waals surface area contributed by atoms with Crippen molar-refractivity contribution in [3.63, 3.8) is 0 Å². The third-order valence-corrected chi connectivity index (χ3v) is 6.03. The molecule has 4 rings (SSSR count). The number of carbonyl (C=O) groups is 1. The zero-order chi connectivity index (χ0) is 19.6. The molecule has 0 saturated heterocycles. The molecule has 5 nitrogen and oxygen atoms in total. The predicted octanol–water partition coefficient (Wildman–Crippen LogP) is 4.12. The molecule has 0 spiro atoms. The zero-order valence-electron chi connectivity index (χ0n) is 15.6. The molecule has 1 heterocycles. The molecule has 2 aromatic rings. The lowest BCUT2D eigenvalue weighted by molar-refractivity contribution is -0.126. The van der Waals surface area contributed by atoms with E-state index < -0.39 is 11.5 Å². The van der Waals surface area contributed by atoms with Crippen LogP contribution in [0.25, 0.3) is 0 Å². The van der Waals surface area contributed by atoms with Gasteiger partial charge in [-0.3, -0.25) is 4.79 Å². The summed E-state index contributed by atoms with van der Waals surface area (Å²) >= 11 is 6.01. The van der Waals surface area contributed by atoms with Gasteiger partial charge in [-0.15, -0.1) is 0 Å². The Balaban J connectivity index is 1.38. The van der Waals surface area contributed by atoms with Crippen molar-refractivity contribution in [1.29, 1.82) is 0 Å². The van der Waals surface area contributed by atoms with Crippen molar-refractivity contribution in [1.82, 2.24) is 5.32 Å². The van der Waals surface area contributed by atoms with E-state index in [1.54, 1.807) is 12.1 Å². The molecule has 2 N–H and O–H groups in total. The van der Waals surface area contributed by atoms with Crippen molar-refractivity contribution < 1.29 is 19.4 Å². The second-order valence-corrected chi connectivity index (χ2v) is 7.91. The lowest BCUT2D eigenvalue weighted by atomic mass is 9.78. The van der Waals surface area contributed by atoms with Gasteiger partial charge < -0.3 is 19.9 Å². The van der Waals surface area contributed by atoms with Crippen LogP contribution in [0.4, 0.5) is 0 Å². The van der Waals surface area contributed by atoms with E-state index in [2.05, 4.69) is 5.32 Å². The lowest BCUT2D eigenvalue weighted by Gasteiger charge is -2.28. The number of rotatable bonds is 6. The summed E-state index contributed by atoms with van der Waals surface area (Å²) in [5.41, 5.74) is 1.28. The summed E-state index contributed by atoms with van der Waals surface area (Å²) in [6, 6.07) is 13.0. The maximum atomic E-state index is 13.1. The largest absolute Gasteiger partial charge is 0.454 e. The molecule has 1 unspecified atom stereocenters. The molecule has 1 amide bonds. The number of ether oxygens (including phenoxy) is 2. The van der Waals surface area contributed by atoms with Crippen molar-refractivity contribution in [2.45, 2.75) is 43.6 Å². The summed E-state index contributed by atoms with van der Waals surface area (Å²) in [6.07, 6.45) is 3.51. The average molecular weight is 402 g/mol. The van der Waals surface area contributed by atoms with Gasteiger partial charge in [0.1, 0.15) is 0 Å². The number of fused-ring (bicyclic) bond motifs is 1. The maximum absolute atomic E-state index is 13.1. The highest BCUT2D eigenvalue weighted by molar-refractivity contribution is 6.30. The number of benzene rings is 2. The van der Waals surface area contributed by atoms with E-state index in [0.717, 1.165) is 36.8 Å². The molecule has 2 aromatic carbocycles. The standard InChI is InChI=1S/C22H24ClNO4/c23-17-6-4-16(5-7-17)22(10-1-2-11-22)21(26)24-12-9-18(25)15-3-8-19-20(13-15)28-14-27-19/h3-8,13,18,25H,1-2,9-12,14H2,(H,24,26). The summed E-state index contributed by atoms with van der Waals surface area (Å²) in [5.74, 6) is 1.37. The molecular weight excluding hydrogens is 378 g/mol. The summed E-state index contributed by atoms with van der Waals surface area (Å²) in [4.78, 5) is 13.1. The van der Waals surface area contributed by atoms with Crippen LogP contribution in [0.15, 0.2) is 42.5 Å². The molecule has 1 fully saturated rings. The van der Waals surface area contributed by atoms with Crippen LogP contribution >= 0.6 is 11.6 Å². The van der Waals surface area contributed by atoms with E-state index in [-0.39, 0.29) is 12.7 Å². The van der Waals surface area contributed by atoms with Gasteiger partial charge in [0.2, 0.25) is 12.7 Å². The van der Waals surface area contributed by atoms with Crippen LogP contribution in [-0.4, -0.2) is 24.4 Å². The first-order valence-corrected chi connectivity index (χ1v) is 10.1. The highest BCUT2D eigenvalue weighted by Gasteiger charge is 2.42. The Morgan fingerprint density at radius 1 is 1.11 bits per heavy atom. The summed E-state index contributed by atoms with van der Waals surface area (Å²) in [7, 11) is 0. The van der Waals surface area contributed by atoms with Crippen molar-refractivity contribution in [3.05, 3.63) is 58.6 Å². The lowest BCUT2D eigenvalue weighted by Crippen LogP contribution is -2.43. The predicted molar refractivity (Wildman–Crippen MR) is 107 cm³/mol. The van der Waals surface area contributed by atoms with Crippen molar-refractivity contribution in [2.75, 3.05) is 13.3 Å². The van der Waals surface area contributed by atoms with Crippen LogP contribution in [0.1, 0.15) is 49.3 Å². The third-order valence-electron chi connectivity index (χ3n) is 5.77. The molecule has 1 aliphatic carbocycles. The number of hydrogen-bond acceptors (Lipinski definition) is 4. The molecule has 1 atom stereocenters. The fourth-order valence-corrected chi connectivity index (χ4v) is 4.30. The molecule has 28 heavy (non-hydrogen) atoms. The first-order chi connectivity index (χ1) is 13.6. The fraction of sp³-hybridized carbons (Fsp3) is 0.409. The van der Waals surface area contributed by atoms with Gasteiger partial charge in [0.05, 0.1) is 11.5 Å². The van der Waals surface area contributed by atoms with Gasteiger partial charge in [-0.25, -0.2) is 0 Å². The highest BCUT2D eigenvalue weighted by atomic mass is 35.5. The molecule has 148 valence electrons. The number of nitrogens with one attached hydrogen (secondary N) is 1. The van der Waals surface area contributed by atoms with E-state index in [4.69, 9.17) is 21.1 Å². The zero-order valence-corrected chi connectivity index (χ0v) is 16.4. The van der Waals surface area contributed by atoms with Crippen LogP contribution < -0.4 is 14.8 Å². The number of carbonyl (C=O) groups excluding carboxylic acids is 1. The smallest absolute Gasteiger partial charge is 0.231 e. The number of amides is 1. The summed E-state index contributed by atoms with van der Waals surface area (Å²) < 4.78 is 10.7. The number of aliphatic hydroxyl groups excluding tert-OH is 1. The normalized spacial score (nSPS) is 18.1. The third kappa shape index (κ3) is 3.69. The van der Waals surface area contributed by atoms with Crippen LogP contribution in [-0.2, 0) is 10.2 Å². The average Bonchev–Trinajstić information content (AvgIpc) is 3.38. The molecule has 0 bridgehead atoms. The molecular formula is C22H24ClNO4. The van der Waals surface area contributed by atoms with Gasteiger partial charge in [0, 0.05) is 11.6 Å². The Morgan fingerprint density at radius 3 is 2.57 bits per heavy atom. The first-order valence-electron chi connectivity index (χ1n) is 9.70. The Bertz CT molecular complexity index is 846. The second kappa shape index (κ2) is 8.02. The van der Waals surface area contributed by atoms with Crippen molar-refractivity contribution in [2.24, 2.45) is 0 Å². The minimum absolute atomic E-state index is 0.0326. The van der Waals surface area contributed by atoms with E-state index in [1.807, 2.05) is 30.3 Å². The van der Waals surface area contributed by atoms with Crippen LogP contribution in [0.3, 0.4) is 0 Å². The van der Waals surface area contributed by atoms with Gasteiger partial charge in [-0.05, 0) is 54.7 Å². The molecule has 1 saturated carbocycles. The van der Waals surface area contributed by atoms with Gasteiger partial charge in [0.15, 0.2) is 11.5 Å². The minimum Gasteiger partial charge on any atom is -0.454 e. The Labute approximate surface area is 169 Å². The Hall–Kier alpha value is -2.24. The van der Waals surface area contributed by atoms with E-state index in [1.165, 1.54) is 0 Å². The number of hydrogen-bond donors (Lipinski definition) is 2. The van der Waals surface area contributed by atoms with Crippen LogP contribution in [0.5, 0.6) is 11.5 Å². The topological polar surface area (TPSA) is 67.8 Å². The molecule has 2 aliphatic rings. The Kier molecular flexibility index (Phi) is 5.47. The SMILES string of the molecule is O=C(NCCC(O)c1ccc2c(c1)OCO2)C1(c2ccc(Cl)cc2)CCCC1. The van der Waals surface area contributed by atoms with Crippen LogP contribution in [0.2, 0.25) is 5.02 Å². The molecule has 0 aromatic heterocycles. The van der Waals surface area contributed by atoms with Gasteiger partial charge in [-0.2, -0.15) is 0 Å². The maximum Gasteiger partial charge on any atom is 0.231 e. The van der Waals surface area contributed by atoms with E-state index >= 15 is 0 Å². The van der Waals surface area contributed by atoms with E-state index in [0.29, 0.717) is 29.5 Å². The summed E-state index contributed by atoms with van der Waals surface area (Å²) in [6.45, 7) is 0.613. The van der Waals surface area contributed by atoms with Crippen LogP contribution in [0, 0.1) is 0 Å². The number of halogens is 1. The van der Waals surface area contributed by atoms with Gasteiger partial charge in [0.25, 0.3) is 0 Å². The fourth-order valence-electron chi connectivity index (χ4n) is 4.17. The first kappa shape index (κ1) is 19.1. The Morgan fingerprint density at radius 2 is 1.82 bits per heavy atom. The van der Waals surface area contributed by atoms with Crippen molar-refractivity contribution >= 4 is 17.5 Å². The quantitative estimate of drug-likeness (QED) is 0.764. The van der Waals surface area contributed by atoms with E-state index in [9.17, 15) is 9.90 Å². The monoisotopic (exact) mass is 401 g/mol. The highest BCUT2D eigenvalue weighted by Crippen LogP contribution is 2.41. The number of aliphatic hydroxyl groups is 1. The second-order valence-electron chi connectivity index (χ2n) is 7.47. The van der Waals surface area contributed by atoms with Crippen molar-refractivity contribution in [3.8, 4) is 11.5 Å². The minimum atomic E-state index is -0.676. The molecule has 0 radical (unpaired) electrons. The molecule has 1 aliphatic heterocycles. The molecule has 6 heteroatoms. The van der Waals surface area contributed by atoms with Gasteiger partial charge in [-0.1, -0.05) is 42.6 Å². The van der Waals surface area contributed by atoms with Gasteiger partial charge >= 0.3 is 0 Å².